The molecule has 3 N–H and O–H groups in total. The summed E-state index contributed by atoms with van der Waals surface area (Å²) >= 11 is 3.45. The largest absolute Gasteiger partial charge is 0.397 e. The minimum absolute atomic E-state index is 0.461. The molecule has 3 nitrogen and oxygen atoms in total. The predicted molar refractivity (Wildman–Crippen MR) is 66.8 cm³/mol. The minimum atomic E-state index is 0.461. The van der Waals surface area contributed by atoms with Gasteiger partial charge < -0.3 is 11.1 Å². The van der Waals surface area contributed by atoms with E-state index in [2.05, 4.69) is 33.2 Å². The van der Waals surface area contributed by atoms with Gasteiger partial charge in [-0.3, -0.25) is 0 Å². The maximum Gasteiger partial charge on any atom is 0.140 e. The van der Waals surface area contributed by atoms with Crippen molar-refractivity contribution in [3.63, 3.8) is 0 Å². The molecule has 0 spiro atoms. The molecular weight excluding hydrogens is 254 g/mol. The lowest BCUT2D eigenvalue weighted by Crippen LogP contribution is -2.33. The lowest BCUT2D eigenvalue weighted by molar-refractivity contribution is 0.180. The summed E-state index contributed by atoms with van der Waals surface area (Å²) in [7, 11) is 0. The van der Waals surface area contributed by atoms with Gasteiger partial charge >= 0.3 is 0 Å². The van der Waals surface area contributed by atoms with Crippen LogP contribution in [0.3, 0.4) is 0 Å². The third-order valence-corrected chi connectivity index (χ3v) is 3.71. The van der Waals surface area contributed by atoms with Gasteiger partial charge in [0.15, 0.2) is 0 Å². The molecule has 82 valence electrons. The third-order valence-electron chi connectivity index (χ3n) is 3.11. The standard InChI is InChI=1S/C11H16BrN3/c1-11(3-2-4-11)7-15-10-9(12)5-8(13)6-14-10/h5-6H,2-4,7,13H2,1H3,(H,14,15). The van der Waals surface area contributed by atoms with E-state index in [-0.39, 0.29) is 0 Å². The number of nitrogen functional groups attached to an aromatic ring is 1. The summed E-state index contributed by atoms with van der Waals surface area (Å²) in [6.45, 7) is 3.30. The molecule has 1 aromatic heterocycles. The Morgan fingerprint density at radius 2 is 2.33 bits per heavy atom. The summed E-state index contributed by atoms with van der Waals surface area (Å²) in [6.07, 6.45) is 5.66. The first kappa shape index (κ1) is 10.7. The number of pyridine rings is 1. The molecule has 2 rings (SSSR count). The Morgan fingerprint density at radius 1 is 1.60 bits per heavy atom. The average molecular weight is 270 g/mol. The molecule has 0 atom stereocenters. The van der Waals surface area contributed by atoms with Crippen molar-refractivity contribution >= 4 is 27.4 Å². The molecule has 0 bridgehead atoms. The van der Waals surface area contributed by atoms with Crippen LogP contribution in [0.5, 0.6) is 0 Å². The van der Waals surface area contributed by atoms with E-state index in [4.69, 9.17) is 5.73 Å². The average Bonchev–Trinajstić information content (AvgIpc) is 2.14. The van der Waals surface area contributed by atoms with Crippen molar-refractivity contribution < 1.29 is 0 Å². The Morgan fingerprint density at radius 3 is 2.87 bits per heavy atom. The molecule has 1 aromatic rings. The number of hydrogen-bond acceptors (Lipinski definition) is 3. The van der Waals surface area contributed by atoms with Crippen molar-refractivity contribution in [1.29, 1.82) is 0 Å². The van der Waals surface area contributed by atoms with Crippen LogP contribution in [0.2, 0.25) is 0 Å². The van der Waals surface area contributed by atoms with Crippen molar-refractivity contribution in [3.05, 3.63) is 16.7 Å². The molecule has 1 aliphatic rings. The van der Waals surface area contributed by atoms with Crippen LogP contribution in [0.4, 0.5) is 11.5 Å². The molecular formula is C11H16BrN3. The first-order valence-corrected chi connectivity index (χ1v) is 6.03. The number of nitrogens with zero attached hydrogens (tertiary/aromatic N) is 1. The predicted octanol–water partition coefficient (Wildman–Crippen LogP) is 3.03. The van der Waals surface area contributed by atoms with Gasteiger partial charge in [0.05, 0.1) is 16.4 Å². The fourth-order valence-corrected chi connectivity index (χ4v) is 2.34. The Kier molecular flexibility index (Phi) is 2.87. The monoisotopic (exact) mass is 269 g/mol. The quantitative estimate of drug-likeness (QED) is 0.887. The second-order valence-corrected chi connectivity index (χ2v) is 5.47. The summed E-state index contributed by atoms with van der Waals surface area (Å²) < 4.78 is 0.936. The van der Waals surface area contributed by atoms with Gasteiger partial charge in [-0.05, 0) is 40.3 Å². The van der Waals surface area contributed by atoms with Gasteiger partial charge in [-0.2, -0.15) is 0 Å². The summed E-state index contributed by atoms with van der Waals surface area (Å²) in [5.74, 6) is 0.886. The summed E-state index contributed by atoms with van der Waals surface area (Å²) in [5.41, 5.74) is 6.77. The van der Waals surface area contributed by atoms with Crippen LogP contribution in [0.25, 0.3) is 0 Å². The van der Waals surface area contributed by atoms with Crippen molar-refractivity contribution in [3.8, 4) is 0 Å². The van der Waals surface area contributed by atoms with Crippen molar-refractivity contribution in [2.45, 2.75) is 26.2 Å². The Balaban J connectivity index is 1.98. The van der Waals surface area contributed by atoms with Crippen molar-refractivity contribution in [2.75, 3.05) is 17.6 Å². The number of aromatic nitrogens is 1. The molecule has 0 aliphatic heterocycles. The van der Waals surface area contributed by atoms with E-state index < -0.39 is 0 Å². The zero-order valence-electron chi connectivity index (χ0n) is 8.89. The zero-order valence-corrected chi connectivity index (χ0v) is 10.5. The fraction of sp³-hybridized carbons (Fsp3) is 0.545. The van der Waals surface area contributed by atoms with E-state index in [1.807, 2.05) is 6.07 Å². The molecule has 15 heavy (non-hydrogen) atoms. The van der Waals surface area contributed by atoms with Crippen LogP contribution in [0.15, 0.2) is 16.7 Å². The molecule has 0 radical (unpaired) electrons. The van der Waals surface area contributed by atoms with E-state index in [1.165, 1.54) is 19.3 Å². The lowest BCUT2D eigenvalue weighted by Gasteiger charge is -2.38. The Hall–Kier alpha value is -0.770. The highest BCUT2D eigenvalue weighted by Crippen LogP contribution is 2.40. The van der Waals surface area contributed by atoms with Crippen LogP contribution in [-0.4, -0.2) is 11.5 Å². The van der Waals surface area contributed by atoms with Crippen LogP contribution in [0.1, 0.15) is 26.2 Å². The van der Waals surface area contributed by atoms with E-state index in [9.17, 15) is 0 Å². The summed E-state index contributed by atoms with van der Waals surface area (Å²) in [5, 5.41) is 3.37. The zero-order chi connectivity index (χ0) is 10.9. The molecule has 4 heteroatoms. The van der Waals surface area contributed by atoms with Crippen LogP contribution in [-0.2, 0) is 0 Å². The minimum Gasteiger partial charge on any atom is -0.397 e. The molecule has 0 saturated heterocycles. The van der Waals surface area contributed by atoms with Gasteiger partial charge in [-0.1, -0.05) is 13.3 Å². The number of anilines is 2. The molecule has 1 aliphatic carbocycles. The maximum atomic E-state index is 5.63. The van der Waals surface area contributed by atoms with E-state index in [1.54, 1.807) is 6.20 Å². The van der Waals surface area contributed by atoms with Crippen LogP contribution in [0, 0.1) is 5.41 Å². The first-order valence-electron chi connectivity index (χ1n) is 5.24. The number of halogens is 1. The van der Waals surface area contributed by atoms with Gasteiger partial charge in [0.2, 0.25) is 0 Å². The molecule has 1 saturated carbocycles. The normalized spacial score (nSPS) is 18.3. The summed E-state index contributed by atoms with van der Waals surface area (Å²) in [6, 6.07) is 1.87. The van der Waals surface area contributed by atoms with E-state index in [0.717, 1.165) is 16.8 Å². The Bertz CT molecular complexity index is 361. The fourth-order valence-electron chi connectivity index (χ4n) is 1.84. The highest BCUT2D eigenvalue weighted by molar-refractivity contribution is 9.10. The van der Waals surface area contributed by atoms with Gasteiger partial charge in [0, 0.05) is 6.54 Å². The van der Waals surface area contributed by atoms with Crippen LogP contribution >= 0.6 is 15.9 Å². The van der Waals surface area contributed by atoms with E-state index >= 15 is 0 Å². The second-order valence-electron chi connectivity index (χ2n) is 4.62. The maximum absolute atomic E-state index is 5.63. The number of nitrogens with one attached hydrogen (secondary N) is 1. The molecule has 1 heterocycles. The van der Waals surface area contributed by atoms with E-state index in [0.29, 0.717) is 11.1 Å². The topological polar surface area (TPSA) is 50.9 Å². The highest BCUT2D eigenvalue weighted by Gasteiger charge is 2.31. The van der Waals surface area contributed by atoms with Gasteiger partial charge in [0.25, 0.3) is 0 Å². The number of rotatable bonds is 3. The van der Waals surface area contributed by atoms with Gasteiger partial charge in [-0.15, -0.1) is 0 Å². The third kappa shape index (κ3) is 2.43. The highest BCUT2D eigenvalue weighted by atomic mass is 79.9. The number of hydrogen-bond donors (Lipinski definition) is 2. The molecule has 0 aromatic carbocycles. The molecule has 1 fully saturated rings. The SMILES string of the molecule is CC1(CNc2ncc(N)cc2Br)CCC1. The second kappa shape index (κ2) is 4.00. The van der Waals surface area contributed by atoms with Crippen molar-refractivity contribution in [1.82, 2.24) is 4.98 Å². The van der Waals surface area contributed by atoms with Crippen LogP contribution < -0.4 is 11.1 Å². The first-order chi connectivity index (χ1) is 7.09. The lowest BCUT2D eigenvalue weighted by atomic mass is 9.70. The van der Waals surface area contributed by atoms with Gasteiger partial charge in [0.1, 0.15) is 5.82 Å². The summed E-state index contributed by atoms with van der Waals surface area (Å²) in [4.78, 5) is 4.26. The Labute approximate surface area is 98.6 Å². The molecule has 0 amide bonds. The molecule has 0 unspecified atom stereocenters. The smallest absolute Gasteiger partial charge is 0.140 e. The number of nitrogens with two attached hydrogens (primary N) is 1. The van der Waals surface area contributed by atoms with Crippen molar-refractivity contribution in [2.24, 2.45) is 5.41 Å². The van der Waals surface area contributed by atoms with Gasteiger partial charge in [-0.25, -0.2) is 4.98 Å².